The molecule has 0 heterocycles. The molecule has 0 amide bonds. The zero-order valence-electron chi connectivity index (χ0n) is 47.1. The first-order chi connectivity index (χ1) is 34.6. The second-order valence-corrected chi connectivity index (χ2v) is 21.3. The molecular formula is C62H114NO8+. The summed E-state index contributed by atoms with van der Waals surface area (Å²) in [5.41, 5.74) is 0. The van der Waals surface area contributed by atoms with Crippen LogP contribution >= 0.6 is 0 Å². The van der Waals surface area contributed by atoms with Crippen molar-refractivity contribution in [2.45, 2.75) is 283 Å². The highest BCUT2D eigenvalue weighted by Gasteiger charge is 2.25. The van der Waals surface area contributed by atoms with Crippen molar-refractivity contribution in [3.8, 4) is 0 Å². The van der Waals surface area contributed by atoms with E-state index in [4.69, 9.17) is 18.9 Å². The highest BCUT2D eigenvalue weighted by atomic mass is 16.7. The van der Waals surface area contributed by atoms with Gasteiger partial charge >= 0.3 is 17.9 Å². The van der Waals surface area contributed by atoms with E-state index in [0.29, 0.717) is 17.4 Å². The minimum absolute atomic E-state index is 0.183. The molecule has 0 radical (unpaired) electrons. The molecule has 0 aromatic carbocycles. The van der Waals surface area contributed by atoms with Gasteiger partial charge in [0.15, 0.2) is 6.10 Å². The van der Waals surface area contributed by atoms with Crippen LogP contribution in [-0.2, 0) is 33.3 Å². The Labute approximate surface area is 438 Å². The maximum atomic E-state index is 12.9. The molecule has 0 saturated heterocycles. The third kappa shape index (κ3) is 54.9. The van der Waals surface area contributed by atoms with Gasteiger partial charge < -0.3 is 28.5 Å². The Kier molecular flexibility index (Phi) is 51.5. The van der Waals surface area contributed by atoms with E-state index < -0.39 is 24.3 Å². The summed E-state index contributed by atoms with van der Waals surface area (Å²) in [6.45, 7) is 4.88. The fraction of sp³-hybridized carbons (Fsp3) is 0.823. The van der Waals surface area contributed by atoms with Crippen molar-refractivity contribution in [3.05, 3.63) is 48.6 Å². The Morgan fingerprint density at radius 3 is 1.11 bits per heavy atom. The van der Waals surface area contributed by atoms with Crippen LogP contribution in [0.15, 0.2) is 48.6 Å². The molecule has 414 valence electrons. The number of hydrogen-bond donors (Lipinski definition) is 1. The van der Waals surface area contributed by atoms with Gasteiger partial charge in [0.2, 0.25) is 0 Å². The standard InChI is InChI=1S/C62H113NO8/c1-6-8-10-12-14-16-18-20-22-24-26-28-29-30-31-33-35-37-39-41-43-45-47-49-51-53-60(65)71-58(57-70-62(61(66)67)68-55-54-63(3,4)5)56-69-59(64)52-50-48-46-44-42-40-38-36-34-32-27-25-23-21-19-17-15-13-11-9-7-2/h18-21,24-27,58,62H,6-17,22-23,28-57H2,1-5H3/p+1/b20-18-,21-19-,26-24-,27-25-. The number of aliphatic carboxylic acids is 1. The predicted octanol–water partition coefficient (Wildman–Crippen LogP) is 17.5. The molecule has 0 bridgehead atoms. The molecule has 2 unspecified atom stereocenters. The second-order valence-electron chi connectivity index (χ2n) is 21.3. The number of carbonyl (C=O) groups is 3. The minimum Gasteiger partial charge on any atom is -0.477 e. The van der Waals surface area contributed by atoms with Gasteiger partial charge in [-0.15, -0.1) is 0 Å². The maximum Gasteiger partial charge on any atom is 0.361 e. The van der Waals surface area contributed by atoms with Crippen LogP contribution in [0.3, 0.4) is 0 Å². The monoisotopic (exact) mass is 1000 g/mol. The van der Waals surface area contributed by atoms with Crippen molar-refractivity contribution in [2.75, 3.05) is 47.5 Å². The lowest BCUT2D eigenvalue weighted by atomic mass is 10.0. The van der Waals surface area contributed by atoms with E-state index in [-0.39, 0.29) is 32.2 Å². The number of rotatable bonds is 55. The zero-order chi connectivity index (χ0) is 52.0. The van der Waals surface area contributed by atoms with Gasteiger partial charge in [-0.25, -0.2) is 4.79 Å². The third-order valence-electron chi connectivity index (χ3n) is 13.1. The van der Waals surface area contributed by atoms with Crippen LogP contribution < -0.4 is 0 Å². The van der Waals surface area contributed by atoms with E-state index >= 15 is 0 Å². The van der Waals surface area contributed by atoms with Crippen LogP contribution in [0.4, 0.5) is 0 Å². The number of hydrogen-bond acceptors (Lipinski definition) is 7. The summed E-state index contributed by atoms with van der Waals surface area (Å²) in [7, 11) is 5.97. The molecule has 0 aliphatic carbocycles. The van der Waals surface area contributed by atoms with Crippen LogP contribution in [-0.4, -0.2) is 87.4 Å². The van der Waals surface area contributed by atoms with Crippen molar-refractivity contribution in [1.29, 1.82) is 0 Å². The lowest BCUT2D eigenvalue weighted by Gasteiger charge is -2.25. The summed E-state index contributed by atoms with van der Waals surface area (Å²) in [6.07, 6.45) is 63.3. The fourth-order valence-corrected chi connectivity index (χ4v) is 8.43. The highest BCUT2D eigenvalue weighted by Crippen LogP contribution is 2.16. The van der Waals surface area contributed by atoms with Gasteiger partial charge in [0.25, 0.3) is 6.29 Å². The van der Waals surface area contributed by atoms with Crippen LogP contribution in [0.5, 0.6) is 0 Å². The normalized spacial score (nSPS) is 13.1. The maximum absolute atomic E-state index is 12.9. The van der Waals surface area contributed by atoms with Crippen molar-refractivity contribution in [2.24, 2.45) is 0 Å². The molecule has 2 atom stereocenters. The van der Waals surface area contributed by atoms with Gasteiger partial charge in [-0.3, -0.25) is 9.59 Å². The number of carboxylic acid groups (broad SMARTS) is 1. The van der Waals surface area contributed by atoms with Crippen LogP contribution in [0.1, 0.15) is 271 Å². The van der Waals surface area contributed by atoms with E-state index in [1.54, 1.807) is 0 Å². The molecular weight excluding hydrogens is 887 g/mol. The third-order valence-corrected chi connectivity index (χ3v) is 13.1. The van der Waals surface area contributed by atoms with E-state index in [0.717, 1.165) is 51.4 Å². The largest absolute Gasteiger partial charge is 0.477 e. The summed E-state index contributed by atoms with van der Waals surface area (Å²) in [5.74, 6) is -2.00. The SMILES string of the molecule is CCCCCCC/C=C\C/C=C\CCCCCCCCCCCCCCCC(=O)OC(COC(=O)CCCCCCCCCCC/C=C\C/C=C\CCCCCCC)COC(OCC[N+](C)(C)C)C(=O)O. The number of esters is 2. The van der Waals surface area contributed by atoms with Crippen molar-refractivity contribution in [1.82, 2.24) is 0 Å². The van der Waals surface area contributed by atoms with E-state index in [1.165, 1.54) is 193 Å². The topological polar surface area (TPSA) is 108 Å². The average molecular weight is 1000 g/mol. The Hall–Kier alpha value is -2.75. The molecule has 0 rings (SSSR count). The summed E-state index contributed by atoms with van der Waals surface area (Å²) in [6, 6.07) is 0. The molecule has 0 aliphatic heterocycles. The molecule has 9 heteroatoms. The zero-order valence-corrected chi connectivity index (χ0v) is 47.1. The van der Waals surface area contributed by atoms with Gasteiger partial charge in [0.1, 0.15) is 13.2 Å². The summed E-state index contributed by atoms with van der Waals surface area (Å²) < 4.78 is 22.9. The molecule has 0 aromatic rings. The molecule has 0 spiro atoms. The van der Waals surface area contributed by atoms with E-state index in [1.807, 2.05) is 21.1 Å². The first kappa shape index (κ1) is 68.2. The minimum atomic E-state index is -1.51. The summed E-state index contributed by atoms with van der Waals surface area (Å²) in [5, 5.41) is 9.71. The van der Waals surface area contributed by atoms with Crippen molar-refractivity contribution < 1.29 is 42.9 Å². The van der Waals surface area contributed by atoms with E-state index in [9.17, 15) is 19.5 Å². The lowest BCUT2D eigenvalue weighted by molar-refractivity contribution is -0.870. The Bertz CT molecular complexity index is 1300. The first-order valence-electron chi connectivity index (χ1n) is 29.8. The Morgan fingerprint density at radius 1 is 0.423 bits per heavy atom. The predicted molar refractivity (Wildman–Crippen MR) is 300 cm³/mol. The molecule has 0 saturated carbocycles. The number of unbranched alkanes of at least 4 members (excludes halogenated alkanes) is 32. The van der Waals surface area contributed by atoms with Gasteiger partial charge in [0.05, 0.1) is 34.4 Å². The summed E-state index contributed by atoms with van der Waals surface area (Å²) >= 11 is 0. The van der Waals surface area contributed by atoms with Crippen molar-refractivity contribution in [3.63, 3.8) is 0 Å². The Balaban J connectivity index is 4.23. The average Bonchev–Trinajstić information content (AvgIpc) is 3.34. The number of likely N-dealkylation sites (N-methyl/N-ethyl adjacent to an activating group) is 1. The number of carbonyl (C=O) groups excluding carboxylic acids is 2. The highest BCUT2D eigenvalue weighted by molar-refractivity contribution is 5.71. The molecule has 0 aromatic heterocycles. The lowest BCUT2D eigenvalue weighted by Crippen LogP contribution is -2.40. The number of allylic oxidation sites excluding steroid dienone is 8. The van der Waals surface area contributed by atoms with Crippen LogP contribution in [0.25, 0.3) is 0 Å². The quantitative estimate of drug-likeness (QED) is 0.0211. The van der Waals surface area contributed by atoms with Crippen molar-refractivity contribution >= 4 is 17.9 Å². The number of quaternary nitrogens is 1. The number of ether oxygens (including phenoxy) is 4. The van der Waals surface area contributed by atoms with Gasteiger partial charge in [-0.1, -0.05) is 229 Å². The number of nitrogens with zero attached hydrogens (tertiary/aromatic N) is 1. The van der Waals surface area contributed by atoms with E-state index in [2.05, 4.69) is 62.5 Å². The first-order valence-corrected chi connectivity index (χ1v) is 29.8. The van der Waals surface area contributed by atoms with Gasteiger partial charge in [-0.2, -0.15) is 0 Å². The fourth-order valence-electron chi connectivity index (χ4n) is 8.43. The molecule has 1 N–H and O–H groups in total. The summed E-state index contributed by atoms with van der Waals surface area (Å²) in [4.78, 5) is 37.4. The van der Waals surface area contributed by atoms with Gasteiger partial charge in [0, 0.05) is 12.8 Å². The molecule has 71 heavy (non-hydrogen) atoms. The smallest absolute Gasteiger partial charge is 0.361 e. The second kappa shape index (κ2) is 53.5. The Morgan fingerprint density at radius 2 is 0.761 bits per heavy atom. The van der Waals surface area contributed by atoms with Crippen LogP contribution in [0.2, 0.25) is 0 Å². The van der Waals surface area contributed by atoms with Crippen LogP contribution in [0, 0.1) is 0 Å². The number of carboxylic acids is 1. The van der Waals surface area contributed by atoms with Gasteiger partial charge in [-0.05, 0) is 77.0 Å². The molecule has 0 aliphatic rings. The molecule has 9 nitrogen and oxygen atoms in total. The molecule has 0 fully saturated rings.